The number of benzene rings is 1. The minimum absolute atomic E-state index is 0.0871. The number of carbonyl (C=O) groups excluding carboxylic acids is 1. The van der Waals surface area contributed by atoms with E-state index >= 15 is 0 Å². The van der Waals surface area contributed by atoms with E-state index in [2.05, 4.69) is 16.4 Å². The Balaban J connectivity index is 1.73. The van der Waals surface area contributed by atoms with Gasteiger partial charge in [0.25, 0.3) is 0 Å². The van der Waals surface area contributed by atoms with E-state index in [4.69, 9.17) is 21.7 Å². The number of para-hydroxylation sites is 1. The minimum atomic E-state index is -0.525. The number of imidazole rings is 1. The first kappa shape index (κ1) is 17.5. The van der Waals surface area contributed by atoms with Crippen molar-refractivity contribution in [3.63, 3.8) is 0 Å². The summed E-state index contributed by atoms with van der Waals surface area (Å²) in [6.07, 6.45) is 2.21. The van der Waals surface area contributed by atoms with E-state index < -0.39 is 11.7 Å². The van der Waals surface area contributed by atoms with Gasteiger partial charge >= 0.3 is 6.09 Å². The lowest BCUT2D eigenvalue weighted by molar-refractivity contribution is 0.0522. The van der Waals surface area contributed by atoms with Crippen LogP contribution in [0.4, 0.5) is 4.79 Å². The zero-order chi connectivity index (χ0) is 18.0. The highest BCUT2D eigenvalue weighted by Gasteiger charge is 2.24. The van der Waals surface area contributed by atoms with Crippen molar-refractivity contribution in [3.8, 4) is 5.75 Å². The van der Waals surface area contributed by atoms with E-state index in [0.29, 0.717) is 17.9 Å². The number of H-pyrrole nitrogens is 1. The number of rotatable bonds is 3. The molecule has 0 saturated carbocycles. The predicted octanol–water partition coefficient (Wildman–Crippen LogP) is 3.75. The molecule has 1 aliphatic rings. The molecule has 0 saturated heterocycles. The zero-order valence-corrected chi connectivity index (χ0v) is 15.5. The summed E-state index contributed by atoms with van der Waals surface area (Å²) in [6, 6.07) is 8.11. The molecule has 0 fully saturated rings. The molecule has 6 nitrogen and oxygen atoms in total. The maximum atomic E-state index is 11.9. The summed E-state index contributed by atoms with van der Waals surface area (Å²) in [6.45, 7) is 6.38. The Bertz CT molecular complexity index is 819. The monoisotopic (exact) mass is 361 g/mol. The van der Waals surface area contributed by atoms with Crippen LogP contribution in [0.25, 0.3) is 0 Å². The average molecular weight is 361 g/mol. The van der Waals surface area contributed by atoms with Crippen LogP contribution in [0.5, 0.6) is 5.75 Å². The zero-order valence-electron chi connectivity index (χ0n) is 14.7. The summed E-state index contributed by atoms with van der Waals surface area (Å²) in [4.78, 5) is 14.9. The average Bonchev–Trinajstić information content (AvgIpc) is 2.91. The molecule has 0 spiro atoms. The Kier molecular flexibility index (Phi) is 4.85. The molecule has 1 aromatic carbocycles. The third kappa shape index (κ3) is 4.22. The molecule has 3 rings (SSSR count). The second-order valence-corrected chi connectivity index (χ2v) is 7.47. The lowest BCUT2D eigenvalue weighted by Crippen LogP contribution is -2.33. The molecule has 0 unspecified atom stereocenters. The molecule has 2 heterocycles. The lowest BCUT2D eigenvalue weighted by atomic mass is 10.0. The van der Waals surface area contributed by atoms with E-state index in [0.717, 1.165) is 23.4 Å². The summed E-state index contributed by atoms with van der Waals surface area (Å²) in [5.41, 5.74) is 1.53. The Hall–Kier alpha value is -2.28. The van der Waals surface area contributed by atoms with Crippen LogP contribution in [0.2, 0.25) is 0 Å². The maximum absolute atomic E-state index is 11.9. The third-order valence-electron chi connectivity index (χ3n) is 3.93. The second-order valence-electron chi connectivity index (χ2n) is 7.09. The van der Waals surface area contributed by atoms with Crippen LogP contribution >= 0.6 is 12.2 Å². The van der Waals surface area contributed by atoms with Gasteiger partial charge in [-0.2, -0.15) is 0 Å². The smallest absolute Gasteiger partial charge is 0.407 e. The Morgan fingerprint density at radius 3 is 2.96 bits per heavy atom. The number of aromatic nitrogens is 2. The van der Waals surface area contributed by atoms with Crippen LogP contribution < -0.4 is 10.1 Å². The van der Waals surface area contributed by atoms with Crippen molar-refractivity contribution in [3.05, 3.63) is 46.5 Å². The Morgan fingerprint density at radius 1 is 1.44 bits per heavy atom. The molecule has 134 valence electrons. The van der Waals surface area contributed by atoms with Gasteiger partial charge in [-0.3, -0.25) is 0 Å². The fourth-order valence-electron chi connectivity index (χ4n) is 2.91. The van der Waals surface area contributed by atoms with Crippen molar-refractivity contribution in [1.29, 1.82) is 0 Å². The summed E-state index contributed by atoms with van der Waals surface area (Å²) in [7, 11) is 0. The number of nitrogens with zero attached hydrogens (tertiary/aromatic N) is 1. The van der Waals surface area contributed by atoms with Gasteiger partial charge in [0, 0.05) is 12.6 Å². The highest BCUT2D eigenvalue weighted by atomic mass is 32.1. The highest BCUT2D eigenvalue weighted by molar-refractivity contribution is 7.71. The molecule has 0 radical (unpaired) electrons. The van der Waals surface area contributed by atoms with Gasteiger partial charge in [0.2, 0.25) is 0 Å². The summed E-state index contributed by atoms with van der Waals surface area (Å²) < 4.78 is 13.8. The van der Waals surface area contributed by atoms with Gasteiger partial charge in [0.15, 0.2) is 4.77 Å². The number of hydrogen-bond acceptors (Lipinski definition) is 4. The molecule has 25 heavy (non-hydrogen) atoms. The maximum Gasteiger partial charge on any atom is 0.407 e. The van der Waals surface area contributed by atoms with E-state index in [1.54, 1.807) is 0 Å². The van der Waals surface area contributed by atoms with Crippen LogP contribution in [-0.4, -0.2) is 27.9 Å². The first-order valence-corrected chi connectivity index (χ1v) is 8.70. The molecular formula is C18H23N3O3S. The number of aromatic amines is 1. The summed E-state index contributed by atoms with van der Waals surface area (Å²) in [5, 5.41) is 2.78. The van der Waals surface area contributed by atoms with Crippen LogP contribution in [-0.2, 0) is 17.7 Å². The van der Waals surface area contributed by atoms with E-state index in [9.17, 15) is 4.79 Å². The van der Waals surface area contributed by atoms with Gasteiger partial charge in [0.1, 0.15) is 18.0 Å². The minimum Gasteiger partial charge on any atom is -0.491 e. The molecule has 2 N–H and O–H groups in total. The van der Waals surface area contributed by atoms with Crippen LogP contribution in [0.3, 0.4) is 0 Å². The number of amides is 1. The molecule has 1 atom stereocenters. The number of nitrogens with one attached hydrogen (secondary N) is 2. The predicted molar refractivity (Wildman–Crippen MR) is 97.4 cm³/mol. The molecule has 0 aliphatic carbocycles. The van der Waals surface area contributed by atoms with E-state index in [1.165, 1.54) is 0 Å². The van der Waals surface area contributed by atoms with Crippen molar-refractivity contribution in [2.24, 2.45) is 0 Å². The van der Waals surface area contributed by atoms with Crippen LogP contribution in [0.1, 0.15) is 38.1 Å². The van der Waals surface area contributed by atoms with Gasteiger partial charge in [-0.15, -0.1) is 0 Å². The normalized spacial score (nSPS) is 16.7. The van der Waals surface area contributed by atoms with Crippen molar-refractivity contribution >= 4 is 18.3 Å². The Morgan fingerprint density at radius 2 is 2.20 bits per heavy atom. The van der Waals surface area contributed by atoms with Crippen LogP contribution in [0.15, 0.2) is 30.5 Å². The van der Waals surface area contributed by atoms with Gasteiger partial charge in [0.05, 0.1) is 18.3 Å². The van der Waals surface area contributed by atoms with E-state index in [1.807, 2.05) is 49.7 Å². The SMILES string of the molecule is CC(C)(C)OC(=O)NCc1c[nH]c(=S)n1[C@H]1COc2ccccc2C1. The number of carbonyl (C=O) groups is 1. The topological polar surface area (TPSA) is 68.3 Å². The highest BCUT2D eigenvalue weighted by Crippen LogP contribution is 2.30. The van der Waals surface area contributed by atoms with E-state index in [-0.39, 0.29) is 6.04 Å². The number of hydrogen-bond donors (Lipinski definition) is 2. The molecule has 1 aliphatic heterocycles. The van der Waals surface area contributed by atoms with Crippen molar-refractivity contribution in [1.82, 2.24) is 14.9 Å². The second kappa shape index (κ2) is 6.92. The fraction of sp³-hybridized carbons (Fsp3) is 0.444. The molecule has 1 aromatic heterocycles. The van der Waals surface area contributed by atoms with Crippen molar-refractivity contribution in [2.45, 2.75) is 45.4 Å². The molecular weight excluding hydrogens is 338 g/mol. The number of fused-ring (bicyclic) bond motifs is 1. The van der Waals surface area contributed by atoms with Gasteiger partial charge in [-0.1, -0.05) is 18.2 Å². The van der Waals surface area contributed by atoms with Crippen molar-refractivity contribution in [2.75, 3.05) is 6.61 Å². The standard InChI is InChI=1S/C18H23N3O3S/c1-18(2,3)24-17(22)20-10-14-9-19-16(25)21(14)13-8-12-6-4-5-7-15(12)23-11-13/h4-7,9,13H,8,10-11H2,1-3H3,(H,19,25)(H,20,22)/t13-/m1/s1. The fourth-order valence-corrected chi connectivity index (χ4v) is 3.23. The Labute approximate surface area is 152 Å². The quantitative estimate of drug-likeness (QED) is 0.817. The number of alkyl carbamates (subject to hydrolysis) is 1. The third-order valence-corrected chi connectivity index (χ3v) is 4.24. The molecule has 1 amide bonds. The lowest BCUT2D eigenvalue weighted by Gasteiger charge is -2.27. The summed E-state index contributed by atoms with van der Waals surface area (Å²) >= 11 is 5.43. The molecule has 2 aromatic rings. The summed E-state index contributed by atoms with van der Waals surface area (Å²) in [5.74, 6) is 0.925. The van der Waals surface area contributed by atoms with Gasteiger partial charge < -0.3 is 24.3 Å². The molecule has 7 heteroatoms. The number of ether oxygens (including phenoxy) is 2. The van der Waals surface area contributed by atoms with Gasteiger partial charge in [-0.05, 0) is 44.6 Å². The first-order valence-electron chi connectivity index (χ1n) is 8.30. The largest absolute Gasteiger partial charge is 0.491 e. The molecule has 0 bridgehead atoms. The first-order chi connectivity index (χ1) is 11.8. The van der Waals surface area contributed by atoms with Gasteiger partial charge in [-0.25, -0.2) is 4.79 Å². The van der Waals surface area contributed by atoms with Crippen molar-refractivity contribution < 1.29 is 14.3 Å². The van der Waals surface area contributed by atoms with Crippen LogP contribution in [0, 0.1) is 4.77 Å².